The Kier molecular flexibility index (Phi) is 11.7. The van der Waals surface area contributed by atoms with Gasteiger partial charge >= 0.3 is 5.97 Å². The first-order valence-electron chi connectivity index (χ1n) is 12.3. The molecule has 3 amide bonds. The van der Waals surface area contributed by atoms with E-state index < -0.39 is 54.5 Å². The molecule has 0 aliphatic rings. The number of aliphatic hydroxyl groups is 1. The number of aliphatic carboxylic acids is 1. The first kappa shape index (κ1) is 30.3. The average Bonchev–Trinajstić information content (AvgIpc) is 2.87. The minimum absolute atomic E-state index is 0.00607. The third-order valence-electron chi connectivity index (χ3n) is 5.78. The summed E-state index contributed by atoms with van der Waals surface area (Å²) in [6.07, 6.45) is 0.495. The number of phenols is 1. The maximum absolute atomic E-state index is 13.3. The number of carbonyl (C=O) groups excluding carboxylic acids is 3. The van der Waals surface area contributed by atoms with Gasteiger partial charge in [0.25, 0.3) is 0 Å². The van der Waals surface area contributed by atoms with Crippen molar-refractivity contribution in [1.82, 2.24) is 16.0 Å². The summed E-state index contributed by atoms with van der Waals surface area (Å²) in [5.41, 5.74) is 7.51. The second-order valence-corrected chi connectivity index (χ2v) is 9.50. The summed E-state index contributed by atoms with van der Waals surface area (Å²) in [5, 5.41) is 35.5. The summed E-state index contributed by atoms with van der Waals surface area (Å²) in [5.74, 6) is -3.31. The second-order valence-electron chi connectivity index (χ2n) is 9.50. The van der Waals surface area contributed by atoms with Crippen LogP contribution in [0.4, 0.5) is 0 Å². The minimum atomic E-state index is -1.54. The molecule has 0 bridgehead atoms. The monoisotopic (exact) mass is 528 g/mol. The number of phenolic OH excluding ortho intramolecular Hbond substituents is 1. The predicted octanol–water partition coefficient (Wildman–Crippen LogP) is 0.0821. The van der Waals surface area contributed by atoms with E-state index in [0.717, 1.165) is 5.56 Å². The molecule has 0 heterocycles. The van der Waals surface area contributed by atoms with Crippen molar-refractivity contribution in [2.24, 2.45) is 11.7 Å². The SMILES string of the molecule is CC(C)CC(NC(=O)C(N)Cc1ccc(O)cc1)C(=O)NC(Cc1ccccc1)C(=O)NC(CO)C(=O)O. The molecule has 0 spiro atoms. The normalized spacial score (nSPS) is 14.1. The van der Waals surface area contributed by atoms with Gasteiger partial charge in [-0.3, -0.25) is 14.4 Å². The van der Waals surface area contributed by atoms with E-state index in [0.29, 0.717) is 5.56 Å². The highest BCUT2D eigenvalue weighted by molar-refractivity contribution is 5.94. The molecule has 11 heteroatoms. The molecule has 206 valence electrons. The largest absolute Gasteiger partial charge is 0.508 e. The van der Waals surface area contributed by atoms with E-state index in [1.54, 1.807) is 42.5 Å². The van der Waals surface area contributed by atoms with Crippen LogP contribution in [0.15, 0.2) is 54.6 Å². The number of rotatable bonds is 14. The van der Waals surface area contributed by atoms with Gasteiger partial charge in [0.15, 0.2) is 0 Å². The second kappa shape index (κ2) is 14.7. The van der Waals surface area contributed by atoms with E-state index in [1.165, 1.54) is 12.1 Å². The van der Waals surface area contributed by atoms with Crippen LogP contribution >= 0.6 is 0 Å². The van der Waals surface area contributed by atoms with Gasteiger partial charge in [0.2, 0.25) is 17.7 Å². The number of carboxylic acids is 1. The Morgan fingerprint density at radius 1 is 0.763 bits per heavy atom. The van der Waals surface area contributed by atoms with Crippen molar-refractivity contribution in [2.45, 2.75) is 57.3 Å². The molecule has 2 aromatic carbocycles. The van der Waals surface area contributed by atoms with E-state index in [2.05, 4.69) is 16.0 Å². The van der Waals surface area contributed by atoms with Crippen LogP contribution in [0.2, 0.25) is 0 Å². The Hall–Kier alpha value is -3.96. The zero-order valence-electron chi connectivity index (χ0n) is 21.5. The Bertz CT molecular complexity index is 1080. The summed E-state index contributed by atoms with van der Waals surface area (Å²) in [4.78, 5) is 50.4. The number of aliphatic hydroxyl groups excluding tert-OH is 1. The third-order valence-corrected chi connectivity index (χ3v) is 5.78. The highest BCUT2D eigenvalue weighted by Gasteiger charge is 2.30. The van der Waals surface area contributed by atoms with E-state index in [-0.39, 0.29) is 30.9 Å². The van der Waals surface area contributed by atoms with Crippen LogP contribution in [-0.4, -0.2) is 69.8 Å². The first-order valence-corrected chi connectivity index (χ1v) is 12.3. The number of hydrogen-bond donors (Lipinski definition) is 7. The molecule has 0 aromatic heterocycles. The quantitative estimate of drug-likeness (QED) is 0.179. The lowest BCUT2D eigenvalue weighted by atomic mass is 10.00. The number of aromatic hydroxyl groups is 1. The van der Waals surface area contributed by atoms with E-state index in [4.69, 9.17) is 5.73 Å². The Balaban J connectivity index is 2.17. The van der Waals surface area contributed by atoms with Crippen molar-refractivity contribution >= 4 is 23.7 Å². The van der Waals surface area contributed by atoms with Crippen LogP contribution in [0.3, 0.4) is 0 Å². The van der Waals surface area contributed by atoms with E-state index >= 15 is 0 Å². The van der Waals surface area contributed by atoms with Crippen molar-refractivity contribution in [3.8, 4) is 5.75 Å². The lowest BCUT2D eigenvalue weighted by Crippen LogP contribution is -2.58. The van der Waals surface area contributed by atoms with Gasteiger partial charge in [-0.25, -0.2) is 4.79 Å². The Morgan fingerprint density at radius 3 is 1.84 bits per heavy atom. The fraction of sp³-hybridized carbons (Fsp3) is 0.407. The van der Waals surface area contributed by atoms with E-state index in [9.17, 15) is 34.5 Å². The maximum atomic E-state index is 13.3. The van der Waals surface area contributed by atoms with Crippen molar-refractivity contribution in [2.75, 3.05) is 6.61 Å². The van der Waals surface area contributed by atoms with Gasteiger partial charge in [-0.15, -0.1) is 0 Å². The Labute approximate surface area is 221 Å². The van der Waals surface area contributed by atoms with Gasteiger partial charge in [-0.2, -0.15) is 0 Å². The number of nitrogens with one attached hydrogen (secondary N) is 3. The zero-order valence-corrected chi connectivity index (χ0v) is 21.5. The summed E-state index contributed by atoms with van der Waals surface area (Å²) in [6, 6.07) is 10.4. The number of hydrogen-bond acceptors (Lipinski definition) is 7. The first-order chi connectivity index (χ1) is 18.0. The van der Waals surface area contributed by atoms with Crippen molar-refractivity contribution in [1.29, 1.82) is 0 Å². The summed E-state index contributed by atoms with van der Waals surface area (Å²) < 4.78 is 0. The molecular weight excluding hydrogens is 492 g/mol. The maximum Gasteiger partial charge on any atom is 0.328 e. The van der Waals surface area contributed by atoms with Gasteiger partial charge < -0.3 is 37.0 Å². The van der Waals surface area contributed by atoms with Gasteiger partial charge in [-0.05, 0) is 42.0 Å². The number of carbonyl (C=O) groups is 4. The van der Waals surface area contributed by atoms with Crippen molar-refractivity contribution in [3.05, 3.63) is 65.7 Å². The molecule has 0 saturated heterocycles. The van der Waals surface area contributed by atoms with Crippen LogP contribution in [0.25, 0.3) is 0 Å². The number of nitrogens with two attached hydrogens (primary N) is 1. The average molecular weight is 529 g/mol. The third kappa shape index (κ3) is 9.83. The highest BCUT2D eigenvalue weighted by atomic mass is 16.4. The number of benzene rings is 2. The van der Waals surface area contributed by atoms with Crippen LogP contribution < -0.4 is 21.7 Å². The molecular formula is C27H36N4O7. The fourth-order valence-corrected chi connectivity index (χ4v) is 3.75. The standard InChI is InChI=1S/C27H36N4O7/c1-16(2)12-21(29-24(34)20(28)13-18-8-10-19(33)11-9-18)25(35)30-22(14-17-6-4-3-5-7-17)26(36)31-23(15-32)27(37)38/h3-11,16,20-23,32-33H,12-15,28H2,1-2H3,(H,29,34)(H,30,35)(H,31,36)(H,37,38). The molecule has 8 N–H and O–H groups in total. The van der Waals surface area contributed by atoms with Crippen molar-refractivity contribution in [3.63, 3.8) is 0 Å². The lowest BCUT2D eigenvalue weighted by molar-refractivity contribution is -0.143. The number of carboxylic acid groups (broad SMARTS) is 1. The molecule has 2 rings (SSSR count). The molecule has 0 aliphatic heterocycles. The summed E-state index contributed by atoms with van der Waals surface area (Å²) >= 11 is 0. The molecule has 0 saturated carbocycles. The van der Waals surface area contributed by atoms with Gasteiger partial charge in [-0.1, -0.05) is 56.3 Å². The zero-order chi connectivity index (χ0) is 28.2. The fourth-order valence-electron chi connectivity index (χ4n) is 3.75. The van der Waals surface area contributed by atoms with Gasteiger partial charge in [0.05, 0.1) is 12.6 Å². The van der Waals surface area contributed by atoms with Gasteiger partial charge in [0, 0.05) is 6.42 Å². The van der Waals surface area contributed by atoms with Gasteiger partial charge in [0.1, 0.15) is 23.9 Å². The molecule has 38 heavy (non-hydrogen) atoms. The summed E-state index contributed by atoms with van der Waals surface area (Å²) in [7, 11) is 0. The van der Waals surface area contributed by atoms with Crippen LogP contribution in [0.1, 0.15) is 31.4 Å². The molecule has 2 aromatic rings. The lowest BCUT2D eigenvalue weighted by Gasteiger charge is -2.26. The van der Waals surface area contributed by atoms with Crippen LogP contribution in [-0.2, 0) is 32.0 Å². The topological polar surface area (TPSA) is 191 Å². The molecule has 0 radical (unpaired) electrons. The minimum Gasteiger partial charge on any atom is -0.508 e. The molecule has 11 nitrogen and oxygen atoms in total. The predicted molar refractivity (Wildman–Crippen MR) is 140 cm³/mol. The van der Waals surface area contributed by atoms with E-state index in [1.807, 2.05) is 13.8 Å². The molecule has 4 atom stereocenters. The smallest absolute Gasteiger partial charge is 0.328 e. The summed E-state index contributed by atoms with van der Waals surface area (Å²) in [6.45, 7) is 2.92. The van der Waals surface area contributed by atoms with Crippen LogP contribution in [0, 0.1) is 5.92 Å². The van der Waals surface area contributed by atoms with Crippen LogP contribution in [0.5, 0.6) is 5.75 Å². The highest BCUT2D eigenvalue weighted by Crippen LogP contribution is 2.12. The molecule has 0 aliphatic carbocycles. The molecule has 0 fully saturated rings. The number of amides is 3. The molecule has 4 unspecified atom stereocenters. The Morgan fingerprint density at radius 2 is 1.29 bits per heavy atom. The van der Waals surface area contributed by atoms with Crippen molar-refractivity contribution < 1.29 is 34.5 Å².